The summed E-state index contributed by atoms with van der Waals surface area (Å²) in [5, 5.41) is 0.611. The third-order valence-electron chi connectivity index (χ3n) is 3.03. The van der Waals surface area contributed by atoms with Crippen molar-refractivity contribution in [3.63, 3.8) is 0 Å². The van der Waals surface area contributed by atoms with E-state index in [1.165, 1.54) is 5.56 Å². The highest BCUT2D eigenvalue weighted by molar-refractivity contribution is 9.10. The molecule has 0 aliphatic rings. The minimum Gasteiger partial charge on any atom is -0.497 e. The summed E-state index contributed by atoms with van der Waals surface area (Å²) < 4.78 is 6.13. The van der Waals surface area contributed by atoms with Gasteiger partial charge in [-0.15, -0.1) is 0 Å². The Morgan fingerprint density at radius 1 is 1.16 bits per heavy atom. The molecule has 0 amide bonds. The van der Waals surface area contributed by atoms with Crippen LogP contribution in [0.5, 0.6) is 5.75 Å². The first-order chi connectivity index (χ1) is 9.02. The van der Waals surface area contributed by atoms with Crippen LogP contribution in [-0.2, 0) is 0 Å². The molecule has 0 aliphatic heterocycles. The number of nitrogens with two attached hydrogens (primary N) is 1. The van der Waals surface area contributed by atoms with Gasteiger partial charge in [0.05, 0.1) is 13.2 Å². The topological polar surface area (TPSA) is 35.2 Å². The van der Waals surface area contributed by atoms with Crippen LogP contribution in [0.25, 0.3) is 0 Å². The Kier molecular flexibility index (Phi) is 4.50. The van der Waals surface area contributed by atoms with E-state index in [0.717, 1.165) is 21.3 Å². The number of aryl methyl sites for hydroxylation is 1. The van der Waals surface area contributed by atoms with E-state index in [1.807, 2.05) is 31.2 Å². The highest BCUT2D eigenvalue weighted by Gasteiger charge is 2.16. The predicted octanol–water partition coefficient (Wildman–Crippen LogP) is 4.47. The minimum absolute atomic E-state index is 0.271. The molecule has 2 aromatic rings. The van der Waals surface area contributed by atoms with Crippen molar-refractivity contribution in [3.8, 4) is 5.75 Å². The van der Waals surface area contributed by atoms with Crippen LogP contribution in [0.4, 0.5) is 0 Å². The Balaban J connectivity index is 2.43. The average Bonchev–Trinajstić information content (AvgIpc) is 2.40. The third kappa shape index (κ3) is 3.11. The first-order valence-electron chi connectivity index (χ1n) is 5.88. The molecule has 2 nitrogen and oxygen atoms in total. The molecule has 2 aromatic carbocycles. The zero-order chi connectivity index (χ0) is 14.0. The third-order valence-corrected chi connectivity index (χ3v) is 4.08. The van der Waals surface area contributed by atoms with E-state index >= 15 is 0 Å². The van der Waals surface area contributed by atoms with Crippen LogP contribution in [0, 0.1) is 6.92 Å². The van der Waals surface area contributed by atoms with Gasteiger partial charge >= 0.3 is 0 Å². The van der Waals surface area contributed by atoms with Crippen molar-refractivity contribution in [1.29, 1.82) is 0 Å². The molecule has 2 rings (SSSR count). The number of methoxy groups -OCH3 is 1. The van der Waals surface area contributed by atoms with E-state index in [9.17, 15) is 0 Å². The molecule has 0 radical (unpaired) electrons. The van der Waals surface area contributed by atoms with Gasteiger partial charge < -0.3 is 10.5 Å². The molecule has 2 N–H and O–H groups in total. The number of benzene rings is 2. The van der Waals surface area contributed by atoms with Crippen LogP contribution in [0.1, 0.15) is 22.7 Å². The summed E-state index contributed by atoms with van der Waals surface area (Å²) in [4.78, 5) is 0. The highest BCUT2D eigenvalue weighted by Crippen LogP contribution is 2.33. The molecular weight excluding hydrogens is 326 g/mol. The van der Waals surface area contributed by atoms with Crippen LogP contribution in [0.3, 0.4) is 0 Å². The lowest BCUT2D eigenvalue weighted by Crippen LogP contribution is -2.13. The van der Waals surface area contributed by atoms with Crippen LogP contribution in [0.2, 0.25) is 5.02 Å². The number of hydrogen-bond donors (Lipinski definition) is 1. The van der Waals surface area contributed by atoms with Gasteiger partial charge in [0, 0.05) is 9.50 Å². The maximum absolute atomic E-state index is 6.32. The summed E-state index contributed by atoms with van der Waals surface area (Å²) in [6.45, 7) is 2.04. The van der Waals surface area contributed by atoms with Crippen molar-refractivity contribution in [2.75, 3.05) is 7.11 Å². The van der Waals surface area contributed by atoms with Crippen molar-refractivity contribution < 1.29 is 4.74 Å². The Hall–Kier alpha value is -1.03. The predicted molar refractivity (Wildman–Crippen MR) is 82.9 cm³/mol. The summed E-state index contributed by atoms with van der Waals surface area (Å²) in [5.41, 5.74) is 9.39. The fraction of sp³-hybridized carbons (Fsp3) is 0.200. The van der Waals surface area contributed by atoms with Gasteiger partial charge in [0.25, 0.3) is 0 Å². The molecule has 19 heavy (non-hydrogen) atoms. The first kappa shape index (κ1) is 14.4. The number of halogens is 2. The van der Waals surface area contributed by atoms with Gasteiger partial charge in [0.15, 0.2) is 0 Å². The van der Waals surface area contributed by atoms with Crippen molar-refractivity contribution in [2.45, 2.75) is 13.0 Å². The maximum Gasteiger partial charge on any atom is 0.120 e. The summed E-state index contributed by atoms with van der Waals surface area (Å²) in [6, 6.07) is 11.4. The molecule has 1 atom stereocenters. The average molecular weight is 341 g/mol. The fourth-order valence-corrected chi connectivity index (χ4v) is 2.74. The first-order valence-corrected chi connectivity index (χ1v) is 7.05. The second-order valence-electron chi connectivity index (χ2n) is 4.39. The van der Waals surface area contributed by atoms with E-state index < -0.39 is 0 Å². The number of rotatable bonds is 3. The number of ether oxygens (including phenoxy) is 1. The summed E-state index contributed by atoms with van der Waals surface area (Å²) in [6.07, 6.45) is 0. The SMILES string of the molecule is COc1ccc(C(N)c2cc(C)ccc2Br)c(Cl)c1. The zero-order valence-electron chi connectivity index (χ0n) is 10.8. The molecule has 0 saturated carbocycles. The maximum atomic E-state index is 6.32. The van der Waals surface area contributed by atoms with Gasteiger partial charge in [0.1, 0.15) is 5.75 Å². The van der Waals surface area contributed by atoms with Gasteiger partial charge in [-0.3, -0.25) is 0 Å². The number of hydrogen-bond acceptors (Lipinski definition) is 2. The molecule has 1 unspecified atom stereocenters. The Bertz CT molecular complexity index is 601. The van der Waals surface area contributed by atoms with Crippen LogP contribution < -0.4 is 10.5 Å². The Morgan fingerprint density at radius 2 is 1.89 bits per heavy atom. The lowest BCUT2D eigenvalue weighted by atomic mass is 9.98. The molecule has 100 valence electrons. The fourth-order valence-electron chi connectivity index (χ4n) is 1.96. The second kappa shape index (κ2) is 5.95. The van der Waals surface area contributed by atoms with E-state index in [4.69, 9.17) is 22.1 Å². The van der Waals surface area contributed by atoms with Gasteiger partial charge in [-0.2, -0.15) is 0 Å². The largest absolute Gasteiger partial charge is 0.497 e. The highest BCUT2D eigenvalue weighted by atomic mass is 79.9. The van der Waals surface area contributed by atoms with Gasteiger partial charge in [0.2, 0.25) is 0 Å². The van der Waals surface area contributed by atoms with E-state index in [1.54, 1.807) is 13.2 Å². The molecule has 0 aromatic heterocycles. The standard InChI is InChI=1S/C15H15BrClNO/c1-9-3-6-13(16)12(7-9)15(18)11-5-4-10(19-2)8-14(11)17/h3-8,15H,18H2,1-2H3. The van der Waals surface area contributed by atoms with Crippen LogP contribution >= 0.6 is 27.5 Å². The van der Waals surface area contributed by atoms with E-state index in [-0.39, 0.29) is 6.04 Å². The molecule has 0 bridgehead atoms. The van der Waals surface area contributed by atoms with Crippen LogP contribution in [-0.4, -0.2) is 7.11 Å². The zero-order valence-corrected chi connectivity index (χ0v) is 13.1. The van der Waals surface area contributed by atoms with E-state index in [2.05, 4.69) is 22.0 Å². The monoisotopic (exact) mass is 339 g/mol. The van der Waals surface area contributed by atoms with Gasteiger partial charge in [-0.05, 0) is 36.2 Å². The summed E-state index contributed by atoms with van der Waals surface area (Å²) in [7, 11) is 1.61. The van der Waals surface area contributed by atoms with Crippen molar-refractivity contribution in [1.82, 2.24) is 0 Å². The Morgan fingerprint density at radius 3 is 2.53 bits per heavy atom. The second-order valence-corrected chi connectivity index (χ2v) is 5.65. The van der Waals surface area contributed by atoms with Crippen molar-refractivity contribution >= 4 is 27.5 Å². The van der Waals surface area contributed by atoms with Gasteiger partial charge in [-0.1, -0.05) is 51.3 Å². The van der Waals surface area contributed by atoms with E-state index in [0.29, 0.717) is 5.02 Å². The Labute approximate surface area is 126 Å². The van der Waals surface area contributed by atoms with Crippen LogP contribution in [0.15, 0.2) is 40.9 Å². The normalized spacial score (nSPS) is 12.3. The lowest BCUT2D eigenvalue weighted by Gasteiger charge is -2.17. The molecule has 0 heterocycles. The molecular formula is C15H15BrClNO. The van der Waals surface area contributed by atoms with Gasteiger partial charge in [-0.25, -0.2) is 0 Å². The minimum atomic E-state index is -0.271. The smallest absolute Gasteiger partial charge is 0.120 e. The molecule has 0 saturated heterocycles. The lowest BCUT2D eigenvalue weighted by molar-refractivity contribution is 0.414. The van der Waals surface area contributed by atoms with Crippen molar-refractivity contribution in [2.24, 2.45) is 5.73 Å². The van der Waals surface area contributed by atoms with Crippen molar-refractivity contribution in [3.05, 3.63) is 62.6 Å². The molecule has 0 fully saturated rings. The molecule has 0 spiro atoms. The summed E-state index contributed by atoms with van der Waals surface area (Å²) >= 11 is 9.80. The molecule has 0 aliphatic carbocycles. The molecule has 4 heteroatoms. The summed E-state index contributed by atoms with van der Waals surface area (Å²) in [5.74, 6) is 0.726. The quantitative estimate of drug-likeness (QED) is 0.895.